The molecule has 0 bridgehead atoms. The highest BCUT2D eigenvalue weighted by Crippen LogP contribution is 2.09. The second-order valence-corrected chi connectivity index (χ2v) is 8.95. The van der Waals surface area contributed by atoms with Crippen LogP contribution >= 0.6 is 0 Å². The molecule has 0 aromatic rings. The molecule has 2 heteroatoms. The molecule has 0 aromatic heterocycles. The van der Waals surface area contributed by atoms with Gasteiger partial charge in [-0.2, -0.15) is 0 Å². The van der Waals surface area contributed by atoms with E-state index in [1.165, 1.54) is 5.57 Å². The first-order valence-electron chi connectivity index (χ1n) is 3.96. The maximum Gasteiger partial charge on any atom is 0.0691 e. The minimum atomic E-state index is -1.03. The molecule has 1 nitrogen and oxygen atoms in total. The summed E-state index contributed by atoms with van der Waals surface area (Å²) in [6, 6.07) is 0. The van der Waals surface area contributed by atoms with Gasteiger partial charge in [0, 0.05) is 6.21 Å². The second kappa shape index (κ2) is 3.18. The van der Waals surface area contributed by atoms with Gasteiger partial charge in [-0.05, 0) is 11.6 Å². The Morgan fingerprint density at radius 1 is 1.45 bits per heavy atom. The molecule has 0 spiro atoms. The van der Waals surface area contributed by atoms with Crippen molar-refractivity contribution in [3.63, 3.8) is 0 Å². The topological polar surface area (TPSA) is 12.4 Å². The van der Waals surface area contributed by atoms with Gasteiger partial charge in [0.25, 0.3) is 0 Å². The number of allylic oxidation sites excluding steroid dienone is 1. The Labute approximate surface area is 69.6 Å². The molecule has 0 N–H and O–H groups in total. The number of nitrogens with zero attached hydrogens (tertiary/aromatic N) is 1. The summed E-state index contributed by atoms with van der Waals surface area (Å²) < 4.78 is 0. The minimum Gasteiger partial charge on any atom is -0.288 e. The Kier molecular flexibility index (Phi) is 2.44. The molecular weight excluding hydrogens is 150 g/mol. The fourth-order valence-electron chi connectivity index (χ4n) is 1.09. The first-order chi connectivity index (χ1) is 5.08. The van der Waals surface area contributed by atoms with E-state index < -0.39 is 8.07 Å². The van der Waals surface area contributed by atoms with E-state index in [2.05, 4.69) is 36.4 Å². The predicted molar refractivity (Wildman–Crippen MR) is 53.9 cm³/mol. The van der Waals surface area contributed by atoms with Gasteiger partial charge < -0.3 is 0 Å². The summed E-state index contributed by atoms with van der Waals surface area (Å²) in [5, 5.41) is 0. The SMILES string of the molecule is C[Si](C)(C)/C=C1\C=CC=NC1. The van der Waals surface area contributed by atoms with Crippen molar-refractivity contribution in [2.75, 3.05) is 6.54 Å². The molecule has 11 heavy (non-hydrogen) atoms. The van der Waals surface area contributed by atoms with Crippen LogP contribution in [0, 0.1) is 0 Å². The number of hydrogen-bond acceptors (Lipinski definition) is 1. The fourth-order valence-corrected chi connectivity index (χ4v) is 2.39. The van der Waals surface area contributed by atoms with Crippen molar-refractivity contribution < 1.29 is 0 Å². The van der Waals surface area contributed by atoms with Crippen LogP contribution in [0.5, 0.6) is 0 Å². The second-order valence-electron chi connectivity index (χ2n) is 3.93. The maximum atomic E-state index is 4.18. The van der Waals surface area contributed by atoms with Crippen LogP contribution in [-0.4, -0.2) is 20.8 Å². The highest BCUT2D eigenvalue weighted by molar-refractivity contribution is 6.81. The fraction of sp³-hybridized carbons (Fsp3) is 0.444. The van der Waals surface area contributed by atoms with Crippen molar-refractivity contribution >= 4 is 14.3 Å². The Balaban J connectivity index is 2.69. The van der Waals surface area contributed by atoms with E-state index in [1.54, 1.807) is 0 Å². The van der Waals surface area contributed by atoms with Crippen molar-refractivity contribution in [1.82, 2.24) is 0 Å². The molecule has 0 unspecified atom stereocenters. The Morgan fingerprint density at radius 2 is 2.18 bits per heavy atom. The van der Waals surface area contributed by atoms with Crippen LogP contribution in [0.15, 0.2) is 28.4 Å². The molecule has 0 aromatic carbocycles. The summed E-state index contributed by atoms with van der Waals surface area (Å²) in [5.74, 6) is 0. The van der Waals surface area contributed by atoms with Gasteiger partial charge in [0.1, 0.15) is 0 Å². The lowest BCUT2D eigenvalue weighted by Crippen LogP contribution is -2.17. The molecule has 0 radical (unpaired) electrons. The lowest BCUT2D eigenvalue weighted by molar-refractivity contribution is 1.18. The number of dihydropyridines is 1. The summed E-state index contributed by atoms with van der Waals surface area (Å²) in [4.78, 5) is 4.18. The normalized spacial score (nSPS) is 21.2. The average Bonchev–Trinajstić information content (AvgIpc) is 1.85. The number of aliphatic imine (C=N–C) groups is 1. The third-order valence-corrected chi connectivity index (χ3v) is 2.63. The van der Waals surface area contributed by atoms with E-state index in [0.717, 1.165) is 6.54 Å². The Morgan fingerprint density at radius 3 is 2.64 bits per heavy atom. The van der Waals surface area contributed by atoms with Gasteiger partial charge in [-0.1, -0.05) is 31.4 Å². The van der Waals surface area contributed by atoms with Crippen LogP contribution < -0.4 is 0 Å². The van der Waals surface area contributed by atoms with Crippen molar-refractivity contribution in [3.8, 4) is 0 Å². The Hall–Kier alpha value is -0.633. The maximum absolute atomic E-state index is 4.18. The average molecular weight is 165 g/mol. The van der Waals surface area contributed by atoms with E-state index in [1.807, 2.05) is 12.3 Å². The number of rotatable bonds is 1. The zero-order chi connectivity index (χ0) is 8.32. The summed E-state index contributed by atoms with van der Waals surface area (Å²) in [5.41, 5.74) is 3.78. The molecular formula is C9H15NSi. The van der Waals surface area contributed by atoms with Gasteiger partial charge in [0.05, 0.1) is 14.6 Å². The molecule has 0 fully saturated rings. The van der Waals surface area contributed by atoms with Crippen molar-refractivity contribution in [1.29, 1.82) is 0 Å². The molecule has 0 saturated heterocycles. The third kappa shape index (κ3) is 3.32. The predicted octanol–water partition coefficient (Wildman–Crippen LogP) is 2.43. The largest absolute Gasteiger partial charge is 0.288 e. The van der Waals surface area contributed by atoms with Crippen LogP contribution in [0.2, 0.25) is 19.6 Å². The van der Waals surface area contributed by atoms with Crippen molar-refractivity contribution in [2.24, 2.45) is 4.99 Å². The standard InChI is InChI=1S/C9H15NSi/c1-11(2,3)8-9-5-4-6-10-7-9/h4-6,8H,7H2,1-3H3/b9-8+. The minimum absolute atomic E-state index is 0.876. The Bertz CT molecular complexity index is 218. The molecule has 0 aliphatic carbocycles. The summed E-state index contributed by atoms with van der Waals surface area (Å²) in [6.07, 6.45) is 6.03. The molecule has 60 valence electrons. The zero-order valence-electron chi connectivity index (χ0n) is 7.46. The highest BCUT2D eigenvalue weighted by Gasteiger charge is 2.09. The lowest BCUT2D eigenvalue weighted by atomic mass is 10.2. The van der Waals surface area contributed by atoms with Gasteiger partial charge in [0.2, 0.25) is 0 Å². The van der Waals surface area contributed by atoms with Gasteiger partial charge in [-0.15, -0.1) is 0 Å². The van der Waals surface area contributed by atoms with E-state index in [0.29, 0.717) is 0 Å². The van der Waals surface area contributed by atoms with Crippen LogP contribution in [0.4, 0.5) is 0 Å². The van der Waals surface area contributed by atoms with Crippen molar-refractivity contribution in [2.45, 2.75) is 19.6 Å². The van der Waals surface area contributed by atoms with Crippen molar-refractivity contribution in [3.05, 3.63) is 23.4 Å². The van der Waals surface area contributed by atoms with Crippen LogP contribution in [0.1, 0.15) is 0 Å². The molecule has 1 heterocycles. The van der Waals surface area contributed by atoms with Gasteiger partial charge >= 0.3 is 0 Å². The van der Waals surface area contributed by atoms with E-state index in [9.17, 15) is 0 Å². The third-order valence-electron chi connectivity index (χ3n) is 1.39. The van der Waals surface area contributed by atoms with Gasteiger partial charge in [-0.3, -0.25) is 4.99 Å². The van der Waals surface area contributed by atoms with Gasteiger partial charge in [0.15, 0.2) is 0 Å². The molecule has 0 amide bonds. The smallest absolute Gasteiger partial charge is 0.0691 e. The molecule has 1 aliphatic heterocycles. The van der Waals surface area contributed by atoms with E-state index >= 15 is 0 Å². The van der Waals surface area contributed by atoms with Crippen LogP contribution in [0.3, 0.4) is 0 Å². The highest BCUT2D eigenvalue weighted by atomic mass is 28.3. The monoisotopic (exact) mass is 165 g/mol. The summed E-state index contributed by atoms with van der Waals surface area (Å²) in [6.45, 7) is 7.89. The van der Waals surface area contributed by atoms with Crippen LogP contribution in [0.25, 0.3) is 0 Å². The quantitative estimate of drug-likeness (QED) is 0.529. The molecule has 1 aliphatic rings. The summed E-state index contributed by atoms with van der Waals surface area (Å²) >= 11 is 0. The first kappa shape index (κ1) is 8.46. The summed E-state index contributed by atoms with van der Waals surface area (Å²) in [7, 11) is -1.03. The zero-order valence-corrected chi connectivity index (χ0v) is 8.46. The van der Waals surface area contributed by atoms with Gasteiger partial charge in [-0.25, -0.2) is 0 Å². The first-order valence-corrected chi connectivity index (χ1v) is 7.54. The van der Waals surface area contributed by atoms with E-state index in [-0.39, 0.29) is 0 Å². The lowest BCUT2D eigenvalue weighted by Gasteiger charge is -2.12. The molecule has 0 saturated carbocycles. The van der Waals surface area contributed by atoms with Crippen LogP contribution in [-0.2, 0) is 0 Å². The molecule has 0 atom stereocenters. The number of hydrogen-bond donors (Lipinski definition) is 0. The van der Waals surface area contributed by atoms with E-state index in [4.69, 9.17) is 0 Å². The molecule has 1 rings (SSSR count).